The van der Waals surface area contributed by atoms with E-state index in [4.69, 9.17) is 4.74 Å². The summed E-state index contributed by atoms with van der Waals surface area (Å²) in [6, 6.07) is 0. The molecule has 11 heavy (non-hydrogen) atoms. The Labute approximate surface area is 69.7 Å². The van der Waals surface area contributed by atoms with Gasteiger partial charge in [-0.25, -0.2) is 4.98 Å². The fraction of sp³-hybridized carbons (Fsp3) is 0.667. The van der Waals surface area contributed by atoms with Crippen molar-refractivity contribution in [1.29, 1.82) is 0 Å². The van der Waals surface area contributed by atoms with Crippen LogP contribution in [0.5, 0.6) is 0 Å². The number of thioether (sulfide) groups is 1. The minimum absolute atomic E-state index is 0.410. The van der Waals surface area contributed by atoms with Crippen molar-refractivity contribution in [2.45, 2.75) is 17.3 Å². The van der Waals surface area contributed by atoms with E-state index in [1.54, 1.807) is 18.9 Å². The minimum atomic E-state index is 0.410. The normalized spacial score (nSPS) is 13.3. The average Bonchev–Trinajstić information content (AvgIpc) is 2.40. The molecule has 1 rings (SSSR count). The van der Waals surface area contributed by atoms with Crippen molar-refractivity contribution < 1.29 is 4.74 Å². The van der Waals surface area contributed by atoms with Crippen LogP contribution in [0.3, 0.4) is 0 Å². The molecule has 0 bridgehead atoms. The first-order chi connectivity index (χ1) is 5.33. The summed E-state index contributed by atoms with van der Waals surface area (Å²) in [5.41, 5.74) is 0. The van der Waals surface area contributed by atoms with Crippen LogP contribution >= 0.6 is 11.8 Å². The molecule has 1 aromatic rings. The van der Waals surface area contributed by atoms with Crippen LogP contribution < -0.4 is 0 Å². The number of hydrogen-bond acceptors (Lipinski definition) is 4. The highest BCUT2D eigenvalue weighted by molar-refractivity contribution is 7.99. The lowest BCUT2D eigenvalue weighted by atomic mass is 10.5. The van der Waals surface area contributed by atoms with Gasteiger partial charge >= 0.3 is 0 Å². The number of H-pyrrole nitrogens is 1. The molecule has 1 aromatic heterocycles. The largest absolute Gasteiger partial charge is 0.384 e. The van der Waals surface area contributed by atoms with Gasteiger partial charge in [0, 0.05) is 12.4 Å². The average molecular weight is 173 g/mol. The van der Waals surface area contributed by atoms with Crippen molar-refractivity contribution in [2.24, 2.45) is 0 Å². The van der Waals surface area contributed by atoms with Gasteiger partial charge in [0.25, 0.3) is 0 Å². The van der Waals surface area contributed by atoms with E-state index in [9.17, 15) is 0 Å². The first kappa shape index (κ1) is 8.55. The molecule has 0 spiro atoms. The Morgan fingerprint density at radius 3 is 3.18 bits per heavy atom. The van der Waals surface area contributed by atoms with E-state index in [-0.39, 0.29) is 0 Å². The molecule has 0 fully saturated rings. The third-order valence-corrected chi connectivity index (χ3v) is 2.07. The van der Waals surface area contributed by atoms with Gasteiger partial charge in [0.15, 0.2) is 5.16 Å². The number of methoxy groups -OCH3 is 1. The topological polar surface area (TPSA) is 50.8 Å². The van der Waals surface area contributed by atoms with Gasteiger partial charge in [0.2, 0.25) is 0 Å². The Hall–Kier alpha value is -0.550. The third kappa shape index (κ3) is 2.90. The van der Waals surface area contributed by atoms with Gasteiger partial charge < -0.3 is 4.74 Å². The molecule has 0 aliphatic carbocycles. The molecule has 0 aliphatic heterocycles. The molecule has 0 radical (unpaired) electrons. The molecule has 0 amide bonds. The number of nitrogens with one attached hydrogen (secondary N) is 1. The second-order valence-electron chi connectivity index (χ2n) is 2.17. The zero-order valence-corrected chi connectivity index (χ0v) is 7.39. The van der Waals surface area contributed by atoms with E-state index in [0.717, 1.165) is 11.8 Å². The van der Waals surface area contributed by atoms with Gasteiger partial charge in [0.05, 0.1) is 6.61 Å². The van der Waals surface area contributed by atoms with E-state index in [2.05, 4.69) is 22.1 Å². The van der Waals surface area contributed by atoms with Gasteiger partial charge in [-0.1, -0.05) is 18.7 Å². The lowest BCUT2D eigenvalue weighted by Gasteiger charge is -2.05. The first-order valence-electron chi connectivity index (χ1n) is 3.34. The summed E-state index contributed by atoms with van der Waals surface area (Å²) in [5, 5.41) is 7.76. The van der Waals surface area contributed by atoms with Crippen molar-refractivity contribution in [1.82, 2.24) is 15.2 Å². The highest BCUT2D eigenvalue weighted by Crippen LogP contribution is 2.17. The highest BCUT2D eigenvalue weighted by Gasteiger charge is 2.04. The van der Waals surface area contributed by atoms with Crippen molar-refractivity contribution in [2.75, 3.05) is 13.7 Å². The van der Waals surface area contributed by atoms with Crippen LogP contribution in [0.4, 0.5) is 0 Å². The number of ether oxygens (including phenoxy) is 1. The van der Waals surface area contributed by atoms with Crippen LogP contribution in [0.25, 0.3) is 0 Å². The maximum absolute atomic E-state index is 4.97. The Kier molecular flexibility index (Phi) is 3.38. The molecule has 0 aliphatic rings. The number of rotatable bonds is 4. The summed E-state index contributed by atoms with van der Waals surface area (Å²) in [7, 11) is 1.69. The van der Waals surface area contributed by atoms with Crippen LogP contribution in [0.2, 0.25) is 0 Å². The summed E-state index contributed by atoms with van der Waals surface area (Å²) in [4.78, 5) is 3.98. The predicted molar refractivity (Wildman–Crippen MR) is 43.6 cm³/mol. The van der Waals surface area contributed by atoms with Crippen LogP contribution in [-0.4, -0.2) is 34.1 Å². The molecule has 1 unspecified atom stereocenters. The van der Waals surface area contributed by atoms with E-state index in [1.165, 1.54) is 6.33 Å². The molecule has 1 N–H and O–H groups in total. The maximum Gasteiger partial charge on any atom is 0.183 e. The van der Waals surface area contributed by atoms with E-state index >= 15 is 0 Å². The van der Waals surface area contributed by atoms with Crippen molar-refractivity contribution in [3.8, 4) is 0 Å². The molecule has 62 valence electrons. The van der Waals surface area contributed by atoms with Gasteiger partial charge in [-0.15, -0.1) is 0 Å². The molecule has 0 saturated heterocycles. The molecule has 4 nitrogen and oxygen atoms in total. The second kappa shape index (κ2) is 4.35. The number of hydrogen-bond donors (Lipinski definition) is 1. The fourth-order valence-corrected chi connectivity index (χ4v) is 1.51. The Bertz CT molecular complexity index is 190. The van der Waals surface area contributed by atoms with Gasteiger partial charge in [-0.2, -0.15) is 5.10 Å². The van der Waals surface area contributed by atoms with Crippen LogP contribution in [-0.2, 0) is 4.74 Å². The first-order valence-corrected chi connectivity index (χ1v) is 4.22. The maximum atomic E-state index is 4.97. The van der Waals surface area contributed by atoms with Crippen LogP contribution in [0, 0.1) is 0 Å². The van der Waals surface area contributed by atoms with Gasteiger partial charge in [0.1, 0.15) is 6.33 Å². The summed E-state index contributed by atoms with van der Waals surface area (Å²) >= 11 is 1.62. The van der Waals surface area contributed by atoms with Crippen molar-refractivity contribution in [3.63, 3.8) is 0 Å². The van der Waals surface area contributed by atoms with Crippen molar-refractivity contribution in [3.05, 3.63) is 6.33 Å². The van der Waals surface area contributed by atoms with Crippen LogP contribution in [0.15, 0.2) is 11.5 Å². The lowest BCUT2D eigenvalue weighted by molar-refractivity contribution is 0.203. The zero-order chi connectivity index (χ0) is 8.10. The molecular formula is C6H11N3OS. The second-order valence-corrected chi connectivity index (χ2v) is 3.60. The van der Waals surface area contributed by atoms with Crippen LogP contribution in [0.1, 0.15) is 6.92 Å². The number of aromatic amines is 1. The Balaban J connectivity index is 2.31. The summed E-state index contributed by atoms with van der Waals surface area (Å²) in [5.74, 6) is 0. The molecule has 1 heterocycles. The zero-order valence-electron chi connectivity index (χ0n) is 6.57. The summed E-state index contributed by atoms with van der Waals surface area (Å²) in [6.45, 7) is 2.81. The molecular weight excluding hydrogens is 162 g/mol. The SMILES string of the molecule is COCC(C)Sc1ncn[nH]1. The number of aromatic nitrogens is 3. The minimum Gasteiger partial charge on any atom is -0.384 e. The molecule has 1 atom stereocenters. The lowest BCUT2D eigenvalue weighted by Crippen LogP contribution is -2.05. The Morgan fingerprint density at radius 1 is 1.82 bits per heavy atom. The summed E-state index contributed by atoms with van der Waals surface area (Å²) < 4.78 is 4.97. The van der Waals surface area contributed by atoms with Gasteiger partial charge in [-0.3, -0.25) is 5.10 Å². The van der Waals surface area contributed by atoms with E-state index < -0.39 is 0 Å². The quantitative estimate of drug-likeness (QED) is 0.688. The highest BCUT2D eigenvalue weighted by atomic mass is 32.2. The third-order valence-electron chi connectivity index (χ3n) is 1.11. The predicted octanol–water partition coefficient (Wildman–Crippen LogP) is 0.932. The fourth-order valence-electron chi connectivity index (χ4n) is 0.710. The van der Waals surface area contributed by atoms with E-state index in [0.29, 0.717) is 5.25 Å². The summed E-state index contributed by atoms with van der Waals surface area (Å²) in [6.07, 6.45) is 1.50. The van der Waals surface area contributed by atoms with Crippen molar-refractivity contribution >= 4 is 11.8 Å². The number of nitrogens with zero attached hydrogens (tertiary/aromatic N) is 2. The standard InChI is InChI=1S/C6H11N3OS/c1-5(3-10-2)11-6-7-4-8-9-6/h4-5H,3H2,1-2H3,(H,7,8,9). The van der Waals surface area contributed by atoms with Gasteiger partial charge in [-0.05, 0) is 0 Å². The monoisotopic (exact) mass is 173 g/mol. The Morgan fingerprint density at radius 2 is 2.64 bits per heavy atom. The smallest absolute Gasteiger partial charge is 0.183 e. The molecule has 0 aromatic carbocycles. The molecule has 0 saturated carbocycles. The molecule has 5 heteroatoms. The van der Waals surface area contributed by atoms with E-state index in [1.807, 2.05) is 0 Å².